The number of ether oxygens (including phenoxy) is 1. The molecule has 0 amide bonds. The van der Waals surface area contributed by atoms with Crippen LogP contribution in [-0.4, -0.2) is 13.7 Å². The van der Waals surface area contributed by atoms with Gasteiger partial charge in [0.25, 0.3) is 0 Å². The second kappa shape index (κ2) is 3.96. The first-order chi connectivity index (χ1) is 2.41. The lowest BCUT2D eigenvalue weighted by molar-refractivity contribution is 0.223. The van der Waals surface area contributed by atoms with Crippen molar-refractivity contribution in [3.05, 3.63) is 6.42 Å². The molecule has 0 atom stereocenters. The van der Waals surface area contributed by atoms with Gasteiger partial charge in [-0.3, -0.25) is 0 Å². The van der Waals surface area contributed by atoms with Crippen LogP contribution >= 0.6 is 0 Å². The van der Waals surface area contributed by atoms with Crippen molar-refractivity contribution in [2.75, 3.05) is 13.7 Å². The van der Waals surface area contributed by atoms with Gasteiger partial charge in [-0.25, -0.2) is 0 Å². The van der Waals surface area contributed by atoms with E-state index in [4.69, 9.17) is 0 Å². The predicted octanol–water partition coefficient (Wildman–Crippen LogP) is 0.857. The van der Waals surface area contributed by atoms with Crippen LogP contribution < -0.4 is 0 Å². The summed E-state index contributed by atoms with van der Waals surface area (Å²) in [7, 11) is 1.68. The molecule has 0 aliphatic carbocycles. The van der Waals surface area contributed by atoms with E-state index >= 15 is 0 Å². The molecule has 0 unspecified atom stereocenters. The van der Waals surface area contributed by atoms with Crippen LogP contribution in [0.15, 0.2) is 0 Å². The van der Waals surface area contributed by atoms with Gasteiger partial charge in [-0.2, -0.15) is 0 Å². The van der Waals surface area contributed by atoms with Crippen molar-refractivity contribution >= 4 is 0 Å². The normalized spacial score (nSPS) is 8.40. The molecule has 0 spiro atoms. The van der Waals surface area contributed by atoms with Gasteiger partial charge >= 0.3 is 0 Å². The van der Waals surface area contributed by atoms with Crippen LogP contribution in [0.3, 0.4) is 0 Å². The molecule has 1 radical (unpaired) electrons. The summed E-state index contributed by atoms with van der Waals surface area (Å²) >= 11 is 0. The summed E-state index contributed by atoms with van der Waals surface area (Å²) in [5.41, 5.74) is 0. The summed E-state index contributed by atoms with van der Waals surface area (Å²) in [6.45, 7) is 2.73. The molecule has 31 valence electrons. The molecule has 0 rings (SSSR count). The van der Waals surface area contributed by atoms with Gasteiger partial charge in [0.05, 0.1) is 0 Å². The molecule has 0 heterocycles. The summed E-state index contributed by atoms with van der Waals surface area (Å²) in [6, 6.07) is 0. The average Bonchev–Trinajstić information content (AvgIpc) is 1.41. The van der Waals surface area contributed by atoms with Gasteiger partial charge < -0.3 is 4.74 Å². The van der Waals surface area contributed by atoms with E-state index < -0.39 is 0 Å². The third kappa shape index (κ3) is 3.96. The van der Waals surface area contributed by atoms with Crippen molar-refractivity contribution in [3.8, 4) is 0 Å². The summed E-state index contributed by atoms with van der Waals surface area (Å²) < 4.78 is 4.64. The second-order valence-corrected chi connectivity index (χ2v) is 0.864. The lowest BCUT2D eigenvalue weighted by Crippen LogP contribution is -1.81. The van der Waals surface area contributed by atoms with Crippen LogP contribution in [0.25, 0.3) is 0 Å². The third-order valence-corrected chi connectivity index (χ3v) is 0.333. The van der Waals surface area contributed by atoms with Crippen LogP contribution in [0.1, 0.15) is 6.92 Å². The van der Waals surface area contributed by atoms with E-state index in [1.807, 2.05) is 13.3 Å². The molecule has 1 heteroatoms. The molecule has 0 N–H and O–H groups in total. The van der Waals surface area contributed by atoms with Crippen molar-refractivity contribution in [1.82, 2.24) is 0 Å². The first-order valence-electron chi connectivity index (χ1n) is 1.68. The van der Waals surface area contributed by atoms with Gasteiger partial charge in [0, 0.05) is 13.7 Å². The average molecular weight is 73.1 g/mol. The zero-order chi connectivity index (χ0) is 4.12. The molecule has 0 aromatic carbocycles. The Morgan fingerprint density at radius 3 is 2.40 bits per heavy atom. The highest BCUT2D eigenvalue weighted by molar-refractivity contribution is 4.48. The van der Waals surface area contributed by atoms with E-state index in [9.17, 15) is 0 Å². The smallest absolute Gasteiger partial charge is 0.0491 e. The topological polar surface area (TPSA) is 9.23 Å². The molecule has 1 nitrogen and oxygen atoms in total. The molecule has 0 fully saturated rings. The fourth-order valence-corrected chi connectivity index (χ4v) is 0.167. The van der Waals surface area contributed by atoms with Crippen molar-refractivity contribution < 1.29 is 4.74 Å². The van der Waals surface area contributed by atoms with Crippen molar-refractivity contribution in [2.45, 2.75) is 6.92 Å². The van der Waals surface area contributed by atoms with E-state index in [0.717, 1.165) is 6.61 Å². The summed E-state index contributed by atoms with van der Waals surface area (Å²) in [5, 5.41) is 0. The van der Waals surface area contributed by atoms with E-state index in [1.54, 1.807) is 7.11 Å². The summed E-state index contributed by atoms with van der Waals surface area (Å²) in [4.78, 5) is 0. The maximum atomic E-state index is 4.64. The van der Waals surface area contributed by atoms with Gasteiger partial charge in [0.1, 0.15) is 0 Å². The molecule has 0 saturated carbocycles. The van der Waals surface area contributed by atoms with E-state index in [0.29, 0.717) is 0 Å². The van der Waals surface area contributed by atoms with Crippen LogP contribution in [0, 0.1) is 6.42 Å². The molecule has 0 aliphatic rings. The highest BCUT2D eigenvalue weighted by atomic mass is 16.5. The molecule has 0 aromatic heterocycles. The lowest BCUT2D eigenvalue weighted by Gasteiger charge is -1.84. The Morgan fingerprint density at radius 2 is 2.40 bits per heavy atom. The van der Waals surface area contributed by atoms with Crippen LogP contribution in [0.2, 0.25) is 0 Å². The lowest BCUT2D eigenvalue weighted by atomic mass is 10.5. The molecular formula is C4H9O. The zero-order valence-electron chi connectivity index (χ0n) is 3.69. The monoisotopic (exact) mass is 73.1 g/mol. The molecule has 0 aliphatic heterocycles. The Labute approximate surface area is 32.9 Å². The molecular weight excluding hydrogens is 64.0 g/mol. The maximum Gasteiger partial charge on any atom is 0.0491 e. The second-order valence-electron chi connectivity index (χ2n) is 0.864. The highest BCUT2D eigenvalue weighted by Gasteiger charge is 1.66. The Morgan fingerprint density at radius 1 is 1.80 bits per heavy atom. The Bertz CT molecular complexity index is 11.1. The van der Waals surface area contributed by atoms with E-state index in [2.05, 4.69) is 4.74 Å². The largest absolute Gasteiger partial charge is 0.384 e. The number of methoxy groups -OCH3 is 1. The predicted molar refractivity (Wildman–Crippen MR) is 21.8 cm³/mol. The zero-order valence-corrected chi connectivity index (χ0v) is 3.69. The SMILES string of the molecule is C[CH]COC. The Kier molecular flexibility index (Phi) is 3.93. The molecule has 0 bridgehead atoms. The van der Waals surface area contributed by atoms with E-state index in [-0.39, 0.29) is 0 Å². The van der Waals surface area contributed by atoms with Crippen molar-refractivity contribution in [3.63, 3.8) is 0 Å². The minimum Gasteiger partial charge on any atom is -0.384 e. The third-order valence-electron chi connectivity index (χ3n) is 0.333. The maximum absolute atomic E-state index is 4.64. The van der Waals surface area contributed by atoms with Crippen molar-refractivity contribution in [1.29, 1.82) is 0 Å². The first kappa shape index (κ1) is 4.96. The number of rotatable bonds is 2. The minimum atomic E-state index is 0.764. The fourth-order valence-electron chi connectivity index (χ4n) is 0.167. The van der Waals surface area contributed by atoms with Crippen molar-refractivity contribution in [2.24, 2.45) is 0 Å². The Hall–Kier alpha value is -0.0400. The van der Waals surface area contributed by atoms with Crippen LogP contribution in [0.5, 0.6) is 0 Å². The first-order valence-corrected chi connectivity index (χ1v) is 1.68. The van der Waals surface area contributed by atoms with Gasteiger partial charge in [0.2, 0.25) is 0 Å². The van der Waals surface area contributed by atoms with Gasteiger partial charge in [-0.05, 0) is 6.42 Å². The van der Waals surface area contributed by atoms with Gasteiger partial charge in [0.15, 0.2) is 0 Å². The standard InChI is InChI=1S/C4H9O/c1-3-4-5-2/h3H,4H2,1-2H3. The number of hydrogen-bond donors (Lipinski definition) is 0. The quantitative estimate of drug-likeness (QED) is 0.471. The molecule has 5 heavy (non-hydrogen) atoms. The van der Waals surface area contributed by atoms with Crippen LogP contribution in [0.4, 0.5) is 0 Å². The van der Waals surface area contributed by atoms with Gasteiger partial charge in [-0.15, -0.1) is 0 Å². The Balaban J connectivity index is 2.19. The van der Waals surface area contributed by atoms with Crippen LogP contribution in [-0.2, 0) is 4.74 Å². The van der Waals surface area contributed by atoms with E-state index in [1.165, 1.54) is 0 Å². The highest BCUT2D eigenvalue weighted by Crippen LogP contribution is 1.68. The summed E-state index contributed by atoms with van der Waals surface area (Å²) in [5.74, 6) is 0. The molecule has 0 aromatic rings. The number of hydrogen-bond acceptors (Lipinski definition) is 1. The van der Waals surface area contributed by atoms with Gasteiger partial charge in [-0.1, -0.05) is 6.92 Å². The summed E-state index contributed by atoms with van der Waals surface area (Å²) in [6.07, 6.45) is 1.96. The fraction of sp³-hybridized carbons (Fsp3) is 0.750. The minimum absolute atomic E-state index is 0.764. The molecule has 0 saturated heterocycles.